The highest BCUT2D eigenvalue weighted by Crippen LogP contribution is 2.55. The minimum atomic E-state index is -3.57. The SMILES string of the molecule is CCS(=O)(=O)[C@@H]1[C@@H](c2ccc3c(c2)OCO3)[C@]1(N)C(=O)O. The van der Waals surface area contributed by atoms with E-state index in [4.69, 9.17) is 15.2 Å². The number of sulfone groups is 1. The summed E-state index contributed by atoms with van der Waals surface area (Å²) in [5.41, 5.74) is 4.61. The van der Waals surface area contributed by atoms with Gasteiger partial charge in [0.25, 0.3) is 0 Å². The summed E-state index contributed by atoms with van der Waals surface area (Å²) in [5.74, 6) is -1.22. The molecule has 1 saturated carbocycles. The average Bonchev–Trinajstić information content (AvgIpc) is 2.87. The fourth-order valence-electron chi connectivity index (χ4n) is 2.87. The number of hydrogen-bond donors (Lipinski definition) is 2. The molecule has 0 unspecified atom stereocenters. The maximum Gasteiger partial charge on any atom is 0.325 e. The summed E-state index contributed by atoms with van der Waals surface area (Å²) < 4.78 is 34.6. The van der Waals surface area contributed by atoms with Gasteiger partial charge in [0.2, 0.25) is 6.79 Å². The number of hydrogen-bond acceptors (Lipinski definition) is 6. The molecule has 21 heavy (non-hydrogen) atoms. The predicted molar refractivity (Wildman–Crippen MR) is 73.1 cm³/mol. The van der Waals surface area contributed by atoms with Gasteiger partial charge in [-0.2, -0.15) is 0 Å². The standard InChI is InChI=1S/C13H15NO6S/c1-2-21(17,18)11-10(13(11,14)12(15)16)7-3-4-8-9(5-7)20-6-19-8/h3-5,10-11H,2,6,14H2,1H3,(H,15,16)/t10-,11-,13-/m1/s1. The Kier molecular flexibility index (Phi) is 2.93. The molecular formula is C13H15NO6S. The number of carboxylic acid groups (broad SMARTS) is 1. The van der Waals surface area contributed by atoms with Crippen molar-refractivity contribution in [2.45, 2.75) is 23.6 Å². The van der Waals surface area contributed by atoms with Crippen molar-refractivity contribution >= 4 is 15.8 Å². The minimum absolute atomic E-state index is 0.0901. The van der Waals surface area contributed by atoms with Crippen LogP contribution in [0.15, 0.2) is 18.2 Å². The summed E-state index contributed by atoms with van der Waals surface area (Å²) in [6, 6.07) is 4.87. The third-order valence-corrected chi connectivity index (χ3v) is 6.34. The summed E-state index contributed by atoms with van der Waals surface area (Å²) in [5, 5.41) is 8.20. The maximum atomic E-state index is 12.1. The number of carboxylic acids is 1. The molecule has 0 aromatic heterocycles. The largest absolute Gasteiger partial charge is 0.480 e. The topological polar surface area (TPSA) is 116 Å². The van der Waals surface area contributed by atoms with Crippen molar-refractivity contribution < 1.29 is 27.8 Å². The Hall–Kier alpha value is -1.80. The molecule has 1 aliphatic carbocycles. The van der Waals surface area contributed by atoms with Crippen molar-refractivity contribution in [3.63, 3.8) is 0 Å². The Balaban J connectivity index is 2.03. The Morgan fingerprint density at radius 3 is 2.71 bits per heavy atom. The summed E-state index contributed by atoms with van der Waals surface area (Å²) in [4.78, 5) is 11.4. The van der Waals surface area contributed by atoms with Crippen LogP contribution in [0.25, 0.3) is 0 Å². The van der Waals surface area contributed by atoms with Crippen LogP contribution in [0.1, 0.15) is 18.4 Å². The number of nitrogens with two attached hydrogens (primary N) is 1. The summed E-state index contributed by atoms with van der Waals surface area (Å²) in [7, 11) is -3.57. The lowest BCUT2D eigenvalue weighted by Crippen LogP contribution is -2.40. The van der Waals surface area contributed by atoms with Crippen LogP contribution in [0.2, 0.25) is 0 Å². The lowest BCUT2D eigenvalue weighted by Gasteiger charge is -2.05. The van der Waals surface area contributed by atoms with Gasteiger partial charge in [-0.15, -0.1) is 0 Å². The molecule has 8 heteroatoms. The zero-order valence-corrected chi connectivity index (χ0v) is 12.1. The molecule has 2 aliphatic rings. The molecule has 1 aromatic carbocycles. The minimum Gasteiger partial charge on any atom is -0.480 e. The average molecular weight is 313 g/mol. The third kappa shape index (κ3) is 1.90. The fourth-order valence-corrected chi connectivity index (χ4v) is 4.79. The lowest BCUT2D eigenvalue weighted by atomic mass is 10.1. The quantitative estimate of drug-likeness (QED) is 0.809. The zero-order chi connectivity index (χ0) is 15.4. The van der Waals surface area contributed by atoms with Crippen molar-refractivity contribution in [3.8, 4) is 11.5 Å². The third-order valence-electron chi connectivity index (χ3n) is 4.09. The van der Waals surface area contributed by atoms with Crippen LogP contribution in [-0.2, 0) is 14.6 Å². The number of carbonyl (C=O) groups is 1. The van der Waals surface area contributed by atoms with Crippen LogP contribution in [0.4, 0.5) is 0 Å². The number of fused-ring (bicyclic) bond motifs is 1. The van der Waals surface area contributed by atoms with E-state index in [-0.39, 0.29) is 12.5 Å². The van der Waals surface area contributed by atoms with Crippen LogP contribution in [0.5, 0.6) is 11.5 Å². The first-order valence-electron chi connectivity index (χ1n) is 6.45. The highest BCUT2D eigenvalue weighted by atomic mass is 32.2. The van der Waals surface area contributed by atoms with Gasteiger partial charge in [-0.3, -0.25) is 4.79 Å². The highest BCUT2D eigenvalue weighted by molar-refractivity contribution is 7.92. The van der Waals surface area contributed by atoms with E-state index in [1.807, 2.05) is 0 Å². The molecule has 114 valence electrons. The molecular weight excluding hydrogens is 298 g/mol. The normalized spacial score (nSPS) is 30.2. The zero-order valence-electron chi connectivity index (χ0n) is 11.3. The van der Waals surface area contributed by atoms with Gasteiger partial charge < -0.3 is 20.3 Å². The van der Waals surface area contributed by atoms with Crippen molar-refractivity contribution in [1.82, 2.24) is 0 Å². The van der Waals surface area contributed by atoms with Crippen LogP contribution in [-0.4, -0.2) is 42.8 Å². The second-order valence-corrected chi connectivity index (χ2v) is 7.61. The number of rotatable bonds is 4. The Bertz CT molecular complexity index is 715. The smallest absolute Gasteiger partial charge is 0.325 e. The van der Waals surface area contributed by atoms with Gasteiger partial charge in [0, 0.05) is 11.7 Å². The van der Waals surface area contributed by atoms with Gasteiger partial charge in [0.05, 0.1) is 5.25 Å². The number of benzene rings is 1. The van der Waals surface area contributed by atoms with Crippen LogP contribution >= 0.6 is 0 Å². The molecule has 3 rings (SSSR count). The van der Waals surface area contributed by atoms with Crippen molar-refractivity contribution in [3.05, 3.63) is 23.8 Å². The van der Waals surface area contributed by atoms with E-state index in [0.717, 1.165) is 0 Å². The molecule has 0 spiro atoms. The first kappa shape index (κ1) is 14.2. The number of ether oxygens (including phenoxy) is 2. The Morgan fingerprint density at radius 1 is 1.43 bits per heavy atom. The van der Waals surface area contributed by atoms with E-state index in [1.165, 1.54) is 6.92 Å². The van der Waals surface area contributed by atoms with Gasteiger partial charge in [-0.05, 0) is 17.7 Å². The van der Waals surface area contributed by atoms with E-state index in [9.17, 15) is 18.3 Å². The molecule has 1 aliphatic heterocycles. The lowest BCUT2D eigenvalue weighted by molar-refractivity contribution is -0.139. The molecule has 7 nitrogen and oxygen atoms in total. The monoisotopic (exact) mass is 313 g/mol. The van der Waals surface area contributed by atoms with Gasteiger partial charge in [0.1, 0.15) is 5.54 Å². The molecule has 3 atom stereocenters. The Morgan fingerprint density at radius 2 is 2.10 bits per heavy atom. The molecule has 0 saturated heterocycles. The first-order chi connectivity index (χ1) is 9.82. The molecule has 0 radical (unpaired) electrons. The molecule has 0 bridgehead atoms. The van der Waals surface area contributed by atoms with E-state index < -0.39 is 32.5 Å². The second-order valence-electron chi connectivity index (χ2n) is 5.20. The summed E-state index contributed by atoms with van der Waals surface area (Å²) in [6.07, 6.45) is 0. The maximum absolute atomic E-state index is 12.1. The van der Waals surface area contributed by atoms with Crippen LogP contribution < -0.4 is 15.2 Å². The van der Waals surface area contributed by atoms with E-state index in [0.29, 0.717) is 17.1 Å². The van der Waals surface area contributed by atoms with Crippen molar-refractivity contribution in [2.24, 2.45) is 5.73 Å². The predicted octanol–water partition coefficient (Wildman–Crippen LogP) is 0.0979. The summed E-state index contributed by atoms with van der Waals surface area (Å²) >= 11 is 0. The highest BCUT2D eigenvalue weighted by Gasteiger charge is 2.73. The van der Waals surface area contributed by atoms with Crippen molar-refractivity contribution in [2.75, 3.05) is 12.5 Å². The van der Waals surface area contributed by atoms with Crippen LogP contribution in [0, 0.1) is 0 Å². The van der Waals surface area contributed by atoms with Gasteiger partial charge in [0.15, 0.2) is 21.3 Å². The number of aliphatic carboxylic acids is 1. The molecule has 0 amide bonds. The van der Waals surface area contributed by atoms with E-state index in [2.05, 4.69) is 0 Å². The molecule has 1 fully saturated rings. The fraction of sp³-hybridized carbons (Fsp3) is 0.462. The van der Waals surface area contributed by atoms with E-state index >= 15 is 0 Å². The van der Waals surface area contributed by atoms with Gasteiger partial charge >= 0.3 is 5.97 Å². The van der Waals surface area contributed by atoms with Gasteiger partial charge in [-0.25, -0.2) is 8.42 Å². The van der Waals surface area contributed by atoms with Crippen molar-refractivity contribution in [1.29, 1.82) is 0 Å². The molecule has 3 N–H and O–H groups in total. The molecule has 1 aromatic rings. The van der Waals surface area contributed by atoms with Crippen LogP contribution in [0.3, 0.4) is 0 Å². The second kappa shape index (κ2) is 4.35. The van der Waals surface area contributed by atoms with Gasteiger partial charge in [-0.1, -0.05) is 13.0 Å². The van der Waals surface area contributed by atoms with E-state index in [1.54, 1.807) is 18.2 Å². The first-order valence-corrected chi connectivity index (χ1v) is 8.17. The Labute approximate surface area is 121 Å². The summed E-state index contributed by atoms with van der Waals surface area (Å²) in [6.45, 7) is 1.57. The molecule has 1 heterocycles.